The molecule has 1 aromatic carbocycles. The molecule has 1 atom stereocenters. The third kappa shape index (κ3) is 8.28. The van der Waals surface area contributed by atoms with Crippen LogP contribution < -0.4 is 15.8 Å². The number of rotatable bonds is 8. The van der Waals surface area contributed by atoms with Crippen LogP contribution in [0, 0.1) is 0 Å². The smallest absolute Gasteiger partial charge is 0.408 e. The maximum atomic E-state index is 11.9. The molecule has 0 spiro atoms. The van der Waals surface area contributed by atoms with Crippen LogP contribution in [0.4, 0.5) is 4.79 Å². The van der Waals surface area contributed by atoms with Gasteiger partial charge < -0.3 is 25.7 Å². The molecule has 0 aliphatic heterocycles. The van der Waals surface area contributed by atoms with Gasteiger partial charge >= 0.3 is 6.09 Å². The van der Waals surface area contributed by atoms with Gasteiger partial charge in [-0.2, -0.15) is 0 Å². The summed E-state index contributed by atoms with van der Waals surface area (Å²) < 4.78 is 10.8. The van der Waals surface area contributed by atoms with Gasteiger partial charge in [0.2, 0.25) is 0 Å². The molecule has 140 valence electrons. The van der Waals surface area contributed by atoms with Gasteiger partial charge in [0.05, 0.1) is 12.6 Å². The lowest BCUT2D eigenvalue weighted by Gasteiger charge is -2.23. The van der Waals surface area contributed by atoms with Crippen LogP contribution in [0.2, 0.25) is 0 Å². The van der Waals surface area contributed by atoms with E-state index >= 15 is 0 Å². The molecule has 4 N–H and O–H groups in total. The number of amidine groups is 1. The maximum Gasteiger partial charge on any atom is 0.408 e. The van der Waals surface area contributed by atoms with Crippen molar-refractivity contribution in [3.05, 3.63) is 29.8 Å². The van der Waals surface area contributed by atoms with Gasteiger partial charge in [-0.25, -0.2) is 4.79 Å². The average molecular weight is 351 g/mol. The number of nitrogens with two attached hydrogens (primary N) is 1. The lowest BCUT2D eigenvalue weighted by molar-refractivity contribution is 0.0517. The maximum absolute atomic E-state index is 11.9. The Bertz CT molecular complexity index is 565. The molecule has 0 saturated carbocycles. The van der Waals surface area contributed by atoms with E-state index in [1.165, 1.54) is 0 Å². The van der Waals surface area contributed by atoms with Gasteiger partial charge in [-0.1, -0.05) is 30.6 Å². The van der Waals surface area contributed by atoms with Gasteiger partial charge in [0.25, 0.3) is 0 Å². The van der Waals surface area contributed by atoms with Crippen LogP contribution in [0.25, 0.3) is 0 Å². The topological polar surface area (TPSA) is 106 Å². The zero-order valence-electron chi connectivity index (χ0n) is 15.4. The normalized spacial score (nSPS) is 13.2. The number of unbranched alkanes of at least 4 members (excludes halogenated alkanes) is 1. The highest BCUT2D eigenvalue weighted by Gasteiger charge is 2.22. The molecule has 7 heteroatoms. The fourth-order valence-electron chi connectivity index (χ4n) is 2.04. The van der Waals surface area contributed by atoms with Crippen molar-refractivity contribution in [3.8, 4) is 5.75 Å². The molecule has 0 aliphatic rings. The SMILES string of the molecule is CCCCOc1ccc(CC(NC(=O)OC(C)(C)C)/C(N)=N/O)cc1. The highest BCUT2D eigenvalue weighted by molar-refractivity contribution is 5.88. The Kier molecular flexibility index (Phi) is 8.04. The largest absolute Gasteiger partial charge is 0.494 e. The number of hydrogen-bond donors (Lipinski definition) is 3. The van der Waals surface area contributed by atoms with Crippen LogP contribution in [0.3, 0.4) is 0 Å². The molecular weight excluding hydrogens is 322 g/mol. The number of carbonyl (C=O) groups excluding carboxylic acids is 1. The molecular formula is C18H29N3O4. The zero-order chi connectivity index (χ0) is 18.9. The Morgan fingerprint density at radius 3 is 2.48 bits per heavy atom. The van der Waals surface area contributed by atoms with E-state index in [1.807, 2.05) is 24.3 Å². The minimum absolute atomic E-state index is 0.0888. The van der Waals surface area contributed by atoms with E-state index in [4.69, 9.17) is 20.4 Å². The van der Waals surface area contributed by atoms with E-state index in [0.717, 1.165) is 24.2 Å². The molecule has 0 aliphatic carbocycles. The van der Waals surface area contributed by atoms with E-state index in [1.54, 1.807) is 20.8 Å². The fourth-order valence-corrected chi connectivity index (χ4v) is 2.04. The Hall–Kier alpha value is -2.44. The van der Waals surface area contributed by atoms with Crippen LogP contribution in [-0.4, -0.2) is 35.4 Å². The Morgan fingerprint density at radius 2 is 1.96 bits per heavy atom. The number of nitrogens with one attached hydrogen (secondary N) is 1. The highest BCUT2D eigenvalue weighted by Crippen LogP contribution is 2.14. The van der Waals surface area contributed by atoms with Crippen LogP contribution in [0.5, 0.6) is 5.75 Å². The standard InChI is InChI=1S/C18H29N3O4/c1-5-6-11-24-14-9-7-13(8-10-14)12-15(16(19)21-23)20-17(22)25-18(2,3)4/h7-10,15,23H,5-6,11-12H2,1-4H3,(H2,19,21)(H,20,22). The first-order valence-corrected chi connectivity index (χ1v) is 8.44. The van der Waals surface area contributed by atoms with E-state index in [0.29, 0.717) is 13.0 Å². The Balaban J connectivity index is 2.70. The van der Waals surface area contributed by atoms with Crippen molar-refractivity contribution in [3.63, 3.8) is 0 Å². The van der Waals surface area contributed by atoms with Crippen molar-refractivity contribution >= 4 is 11.9 Å². The second kappa shape index (κ2) is 9.76. The number of hydrogen-bond acceptors (Lipinski definition) is 5. The lowest BCUT2D eigenvalue weighted by Crippen LogP contribution is -2.47. The number of nitrogens with zero attached hydrogens (tertiary/aromatic N) is 1. The summed E-state index contributed by atoms with van der Waals surface area (Å²) in [5, 5.41) is 14.6. The Labute approximate surface area is 149 Å². The molecule has 0 radical (unpaired) electrons. The van der Waals surface area contributed by atoms with E-state index in [-0.39, 0.29) is 5.84 Å². The minimum atomic E-state index is -0.674. The van der Waals surface area contributed by atoms with Crippen molar-refractivity contribution in [2.45, 2.75) is 58.6 Å². The summed E-state index contributed by atoms with van der Waals surface area (Å²) in [5.74, 6) is 0.701. The second-order valence-electron chi connectivity index (χ2n) is 6.77. The second-order valence-corrected chi connectivity index (χ2v) is 6.77. The first-order chi connectivity index (χ1) is 11.7. The number of oxime groups is 1. The van der Waals surface area contributed by atoms with Crippen LogP contribution in [0.15, 0.2) is 29.4 Å². The molecule has 1 aromatic rings. The molecule has 1 unspecified atom stereocenters. The van der Waals surface area contributed by atoms with Gasteiger partial charge in [0.15, 0.2) is 5.84 Å². The summed E-state index contributed by atoms with van der Waals surface area (Å²) in [6.07, 6.45) is 1.83. The number of amides is 1. The molecule has 0 heterocycles. The monoisotopic (exact) mass is 351 g/mol. The summed E-state index contributed by atoms with van der Waals surface area (Å²) in [4.78, 5) is 11.9. The van der Waals surface area contributed by atoms with Gasteiger partial charge in [-0.3, -0.25) is 0 Å². The third-order valence-corrected chi connectivity index (χ3v) is 3.29. The van der Waals surface area contributed by atoms with Crippen LogP contribution in [0.1, 0.15) is 46.1 Å². The molecule has 0 saturated heterocycles. The van der Waals surface area contributed by atoms with E-state index in [9.17, 15) is 4.79 Å². The summed E-state index contributed by atoms with van der Waals surface area (Å²) in [6.45, 7) is 8.09. The molecule has 0 aromatic heterocycles. The first kappa shape index (κ1) is 20.6. The van der Waals surface area contributed by atoms with Crippen molar-refractivity contribution in [1.82, 2.24) is 5.32 Å². The van der Waals surface area contributed by atoms with Crippen molar-refractivity contribution in [1.29, 1.82) is 0 Å². The van der Waals surface area contributed by atoms with Crippen molar-refractivity contribution in [2.24, 2.45) is 10.9 Å². The molecule has 0 fully saturated rings. The minimum Gasteiger partial charge on any atom is -0.494 e. The summed E-state index contributed by atoms with van der Waals surface area (Å²) >= 11 is 0. The highest BCUT2D eigenvalue weighted by atomic mass is 16.6. The quantitative estimate of drug-likeness (QED) is 0.219. The molecule has 1 rings (SSSR count). The predicted octanol–water partition coefficient (Wildman–Crippen LogP) is 3.05. The van der Waals surface area contributed by atoms with Crippen molar-refractivity contribution in [2.75, 3.05) is 6.61 Å². The number of alkyl carbamates (subject to hydrolysis) is 1. The fraction of sp³-hybridized carbons (Fsp3) is 0.556. The predicted molar refractivity (Wildman–Crippen MR) is 97.1 cm³/mol. The number of ether oxygens (including phenoxy) is 2. The van der Waals surface area contributed by atoms with E-state index in [2.05, 4.69) is 17.4 Å². The summed E-state index contributed by atoms with van der Waals surface area (Å²) in [7, 11) is 0. The molecule has 7 nitrogen and oxygen atoms in total. The molecule has 0 bridgehead atoms. The lowest BCUT2D eigenvalue weighted by atomic mass is 10.1. The number of carbonyl (C=O) groups is 1. The van der Waals surface area contributed by atoms with E-state index < -0.39 is 17.7 Å². The van der Waals surface area contributed by atoms with Gasteiger partial charge in [0, 0.05) is 6.42 Å². The zero-order valence-corrected chi connectivity index (χ0v) is 15.4. The first-order valence-electron chi connectivity index (χ1n) is 8.44. The molecule has 1 amide bonds. The van der Waals surface area contributed by atoms with Gasteiger partial charge in [0.1, 0.15) is 11.4 Å². The van der Waals surface area contributed by atoms with Gasteiger partial charge in [-0.05, 0) is 44.9 Å². The Morgan fingerprint density at radius 1 is 1.32 bits per heavy atom. The summed E-state index contributed by atoms with van der Waals surface area (Å²) in [6, 6.07) is 6.82. The van der Waals surface area contributed by atoms with Crippen LogP contribution >= 0.6 is 0 Å². The van der Waals surface area contributed by atoms with Crippen molar-refractivity contribution < 1.29 is 19.5 Å². The molecule has 25 heavy (non-hydrogen) atoms. The third-order valence-electron chi connectivity index (χ3n) is 3.29. The van der Waals surface area contributed by atoms with Crippen LogP contribution in [-0.2, 0) is 11.2 Å². The number of benzene rings is 1. The van der Waals surface area contributed by atoms with Gasteiger partial charge in [-0.15, -0.1) is 0 Å². The average Bonchev–Trinajstić information content (AvgIpc) is 2.53. The summed E-state index contributed by atoms with van der Waals surface area (Å²) in [5.41, 5.74) is 5.98.